The Balaban J connectivity index is 1.66. The number of piperazine rings is 1. The number of ether oxygens (including phenoxy) is 1. The molecule has 2 aliphatic heterocycles. The van der Waals surface area contributed by atoms with Gasteiger partial charge in [-0.3, -0.25) is 19.4 Å². The number of imide groups is 1. The number of nitrogens with zero attached hydrogens (tertiary/aromatic N) is 3. The highest BCUT2D eigenvalue weighted by molar-refractivity contribution is 6.35. The lowest BCUT2D eigenvalue weighted by Crippen LogP contribution is -2.48. The van der Waals surface area contributed by atoms with Crippen molar-refractivity contribution in [2.45, 2.75) is 6.54 Å². The van der Waals surface area contributed by atoms with Crippen LogP contribution in [0.2, 0.25) is 0 Å². The minimum Gasteiger partial charge on any atom is -0.496 e. The highest BCUT2D eigenvalue weighted by Crippen LogP contribution is 2.34. The van der Waals surface area contributed by atoms with Gasteiger partial charge in [-0.1, -0.05) is 48.5 Å². The van der Waals surface area contributed by atoms with Gasteiger partial charge in [-0.15, -0.1) is 0 Å². The maximum atomic E-state index is 13.5. The Bertz CT molecular complexity index is 981. The number of methoxy groups -OCH3 is 1. The highest BCUT2D eigenvalue weighted by atomic mass is 16.5. The zero-order chi connectivity index (χ0) is 21.8. The molecule has 2 aromatic carbocycles. The molecule has 2 amide bonds. The van der Waals surface area contributed by atoms with Crippen LogP contribution in [0.4, 0.5) is 0 Å². The first-order chi connectivity index (χ1) is 15.1. The molecule has 31 heavy (non-hydrogen) atoms. The Kier molecular flexibility index (Phi) is 6.34. The van der Waals surface area contributed by atoms with Gasteiger partial charge in [-0.2, -0.15) is 0 Å². The average molecular weight is 421 g/mol. The molecule has 4 rings (SSSR count). The van der Waals surface area contributed by atoms with E-state index in [4.69, 9.17) is 4.74 Å². The van der Waals surface area contributed by atoms with Crippen molar-refractivity contribution in [3.05, 3.63) is 71.4 Å². The lowest BCUT2D eigenvalue weighted by molar-refractivity contribution is -0.138. The van der Waals surface area contributed by atoms with Crippen molar-refractivity contribution in [1.82, 2.24) is 14.7 Å². The van der Waals surface area contributed by atoms with Gasteiger partial charge in [0.2, 0.25) is 0 Å². The number of para-hydroxylation sites is 1. The van der Waals surface area contributed by atoms with E-state index in [9.17, 15) is 14.7 Å². The fourth-order valence-electron chi connectivity index (χ4n) is 4.21. The van der Waals surface area contributed by atoms with E-state index in [1.807, 2.05) is 59.5 Å². The van der Waals surface area contributed by atoms with Crippen LogP contribution < -0.4 is 4.74 Å². The van der Waals surface area contributed by atoms with Gasteiger partial charge in [0.1, 0.15) is 11.4 Å². The van der Waals surface area contributed by atoms with Crippen molar-refractivity contribution in [2.75, 3.05) is 46.4 Å². The number of rotatable bonds is 7. The minimum absolute atomic E-state index is 0.113. The first kappa shape index (κ1) is 21.1. The number of benzene rings is 2. The zero-order valence-corrected chi connectivity index (χ0v) is 17.7. The molecule has 1 saturated heterocycles. The maximum Gasteiger partial charge on any atom is 0.278 e. The van der Waals surface area contributed by atoms with Gasteiger partial charge in [-0.05, 0) is 11.6 Å². The van der Waals surface area contributed by atoms with E-state index in [0.29, 0.717) is 36.7 Å². The third-order valence-electron chi connectivity index (χ3n) is 5.83. The Labute approximate surface area is 182 Å². The van der Waals surface area contributed by atoms with Gasteiger partial charge in [0.05, 0.1) is 25.8 Å². The molecule has 0 aliphatic carbocycles. The minimum atomic E-state index is -0.283. The number of amides is 2. The summed E-state index contributed by atoms with van der Waals surface area (Å²) in [5.41, 5.74) is 2.45. The van der Waals surface area contributed by atoms with E-state index in [1.165, 1.54) is 4.90 Å². The largest absolute Gasteiger partial charge is 0.496 e. The van der Waals surface area contributed by atoms with Crippen LogP contribution >= 0.6 is 0 Å². The molecule has 7 nitrogen and oxygen atoms in total. The predicted octanol–water partition coefficient (Wildman–Crippen LogP) is 1.59. The van der Waals surface area contributed by atoms with E-state index in [0.717, 1.165) is 24.2 Å². The van der Waals surface area contributed by atoms with Crippen LogP contribution in [0.1, 0.15) is 11.1 Å². The van der Waals surface area contributed by atoms with E-state index >= 15 is 0 Å². The van der Waals surface area contributed by atoms with Crippen LogP contribution in [0.5, 0.6) is 5.75 Å². The van der Waals surface area contributed by atoms with Crippen LogP contribution in [0.25, 0.3) is 5.57 Å². The number of carbonyl (C=O) groups is 2. The van der Waals surface area contributed by atoms with Crippen molar-refractivity contribution in [2.24, 2.45) is 0 Å². The van der Waals surface area contributed by atoms with E-state index < -0.39 is 0 Å². The first-order valence-electron chi connectivity index (χ1n) is 10.5. The van der Waals surface area contributed by atoms with E-state index in [-0.39, 0.29) is 25.0 Å². The molecule has 0 saturated carbocycles. The monoisotopic (exact) mass is 421 g/mol. The van der Waals surface area contributed by atoms with Crippen molar-refractivity contribution in [3.63, 3.8) is 0 Å². The summed E-state index contributed by atoms with van der Waals surface area (Å²) < 4.78 is 5.42. The van der Waals surface area contributed by atoms with Crippen LogP contribution in [0.15, 0.2) is 60.3 Å². The van der Waals surface area contributed by atoms with Gasteiger partial charge in [0, 0.05) is 38.3 Å². The van der Waals surface area contributed by atoms with E-state index in [2.05, 4.69) is 4.90 Å². The fraction of sp³-hybridized carbons (Fsp3) is 0.333. The standard InChI is InChI=1S/C24H27N3O4/c1-31-20-10-6-5-9-19(20)17-27-23(29)21(18-7-3-2-4-8-18)22(24(27)30)26-13-11-25(12-14-26)15-16-28/h2-10,28H,11-17H2,1H3. The van der Waals surface area contributed by atoms with Crippen LogP contribution in [-0.4, -0.2) is 78.1 Å². The second-order valence-electron chi connectivity index (χ2n) is 7.65. The SMILES string of the molecule is COc1ccccc1CN1C(=O)C(c2ccccc2)=C(N2CCN(CCO)CC2)C1=O. The summed E-state index contributed by atoms with van der Waals surface area (Å²) in [7, 11) is 1.58. The van der Waals surface area contributed by atoms with Gasteiger partial charge in [0.15, 0.2) is 0 Å². The summed E-state index contributed by atoms with van der Waals surface area (Å²) in [6.07, 6.45) is 0. The quantitative estimate of drug-likeness (QED) is 0.685. The summed E-state index contributed by atoms with van der Waals surface area (Å²) >= 11 is 0. The smallest absolute Gasteiger partial charge is 0.278 e. The van der Waals surface area contributed by atoms with Crippen molar-refractivity contribution >= 4 is 17.4 Å². The Hall–Kier alpha value is -3.16. The van der Waals surface area contributed by atoms with Crippen LogP contribution in [0, 0.1) is 0 Å². The third-order valence-corrected chi connectivity index (χ3v) is 5.83. The molecule has 162 valence electrons. The van der Waals surface area contributed by atoms with Crippen molar-refractivity contribution < 1.29 is 19.4 Å². The van der Waals surface area contributed by atoms with Crippen molar-refractivity contribution in [3.8, 4) is 5.75 Å². The maximum absolute atomic E-state index is 13.5. The van der Waals surface area contributed by atoms with Crippen LogP contribution in [0.3, 0.4) is 0 Å². The number of hydrogen-bond donors (Lipinski definition) is 1. The molecule has 0 radical (unpaired) electrons. The first-order valence-corrected chi connectivity index (χ1v) is 10.5. The molecule has 2 heterocycles. The third kappa shape index (κ3) is 4.19. The zero-order valence-electron chi connectivity index (χ0n) is 17.7. The molecule has 0 atom stereocenters. The number of hydrogen-bond acceptors (Lipinski definition) is 6. The lowest BCUT2D eigenvalue weighted by Gasteiger charge is -2.36. The van der Waals surface area contributed by atoms with Crippen molar-refractivity contribution in [1.29, 1.82) is 0 Å². The summed E-state index contributed by atoms with van der Waals surface area (Å²) in [4.78, 5) is 32.5. The Morgan fingerprint density at radius 2 is 1.58 bits per heavy atom. The molecule has 0 aromatic heterocycles. The normalized spacial score (nSPS) is 17.6. The predicted molar refractivity (Wildman–Crippen MR) is 117 cm³/mol. The van der Waals surface area contributed by atoms with Gasteiger partial charge >= 0.3 is 0 Å². The number of aliphatic hydroxyl groups is 1. The molecule has 7 heteroatoms. The number of aliphatic hydroxyl groups excluding tert-OH is 1. The molecule has 0 unspecified atom stereocenters. The summed E-state index contributed by atoms with van der Waals surface area (Å²) in [5.74, 6) is 0.0932. The summed E-state index contributed by atoms with van der Waals surface area (Å²) in [6.45, 7) is 3.62. The molecule has 2 aromatic rings. The second kappa shape index (κ2) is 9.32. The van der Waals surface area contributed by atoms with Crippen LogP contribution in [-0.2, 0) is 16.1 Å². The molecular weight excluding hydrogens is 394 g/mol. The highest BCUT2D eigenvalue weighted by Gasteiger charge is 2.42. The Morgan fingerprint density at radius 1 is 0.903 bits per heavy atom. The van der Waals surface area contributed by atoms with Gasteiger partial charge in [0.25, 0.3) is 11.8 Å². The topological polar surface area (TPSA) is 73.3 Å². The molecular formula is C24H27N3O4. The lowest BCUT2D eigenvalue weighted by atomic mass is 10.0. The summed E-state index contributed by atoms with van der Waals surface area (Å²) in [5, 5.41) is 9.20. The molecule has 1 N–H and O–H groups in total. The molecule has 1 fully saturated rings. The molecule has 2 aliphatic rings. The van der Waals surface area contributed by atoms with Gasteiger partial charge in [-0.25, -0.2) is 0 Å². The van der Waals surface area contributed by atoms with Gasteiger partial charge < -0.3 is 14.7 Å². The summed E-state index contributed by atoms with van der Waals surface area (Å²) in [6, 6.07) is 16.8. The molecule has 0 bridgehead atoms. The molecule has 0 spiro atoms. The average Bonchev–Trinajstić information content (AvgIpc) is 3.05. The number of carbonyl (C=O) groups excluding carboxylic acids is 2. The fourth-order valence-corrected chi connectivity index (χ4v) is 4.21. The second-order valence-corrected chi connectivity index (χ2v) is 7.65. The van der Waals surface area contributed by atoms with E-state index in [1.54, 1.807) is 7.11 Å². The Morgan fingerprint density at radius 3 is 2.26 bits per heavy atom. The number of β-amino-alcohol motifs (C(OH)–C–C–N with tert-alkyl or cyclic N) is 1.